The third kappa shape index (κ3) is 3.83. The van der Waals surface area contributed by atoms with Crippen molar-refractivity contribution in [3.63, 3.8) is 0 Å². The van der Waals surface area contributed by atoms with Crippen LogP contribution in [0.5, 0.6) is 0 Å². The molecule has 2 atom stereocenters. The number of amides is 1. The molecule has 1 saturated heterocycles. The number of carbonyl (C=O) groups excluding carboxylic acids is 1. The van der Waals surface area contributed by atoms with Crippen LogP contribution in [0.25, 0.3) is 0 Å². The second-order valence-corrected chi connectivity index (χ2v) is 9.40. The second-order valence-electron chi connectivity index (χ2n) is 7.49. The summed E-state index contributed by atoms with van der Waals surface area (Å²) in [4.78, 5) is 13.0. The van der Waals surface area contributed by atoms with Crippen molar-refractivity contribution in [3.05, 3.63) is 29.3 Å². The lowest BCUT2D eigenvalue weighted by molar-refractivity contribution is -0.126. The maximum absolute atomic E-state index is 13.0. The molecule has 0 aliphatic carbocycles. The van der Waals surface area contributed by atoms with Crippen LogP contribution in [0.4, 0.5) is 0 Å². The minimum atomic E-state index is -3.67. The maximum atomic E-state index is 13.0. The highest BCUT2D eigenvalue weighted by molar-refractivity contribution is 7.89. The summed E-state index contributed by atoms with van der Waals surface area (Å²) in [6.07, 6.45) is 4.59. The largest absolute Gasteiger partial charge is 0.349 e. The van der Waals surface area contributed by atoms with E-state index in [1.807, 2.05) is 27.1 Å². The number of piperidine rings is 1. The fourth-order valence-electron chi connectivity index (χ4n) is 3.70. The van der Waals surface area contributed by atoms with Gasteiger partial charge in [0.2, 0.25) is 15.9 Å². The van der Waals surface area contributed by atoms with Gasteiger partial charge in [0.15, 0.2) is 0 Å². The van der Waals surface area contributed by atoms with E-state index in [4.69, 9.17) is 0 Å². The Kier molecular flexibility index (Phi) is 5.62. The van der Waals surface area contributed by atoms with Crippen molar-refractivity contribution < 1.29 is 13.2 Å². The van der Waals surface area contributed by atoms with E-state index in [0.717, 1.165) is 11.3 Å². The summed E-state index contributed by atoms with van der Waals surface area (Å²) >= 11 is 0. The van der Waals surface area contributed by atoms with E-state index in [0.29, 0.717) is 25.1 Å². The van der Waals surface area contributed by atoms with Crippen molar-refractivity contribution >= 4 is 15.9 Å². The maximum Gasteiger partial charge on any atom is 0.246 e. The van der Waals surface area contributed by atoms with E-state index in [2.05, 4.69) is 15.5 Å². The number of hydrogen-bond acceptors (Lipinski definition) is 5. The van der Waals surface area contributed by atoms with Crippen molar-refractivity contribution in [3.8, 4) is 0 Å². The molecule has 2 aromatic heterocycles. The molecule has 1 aliphatic heterocycles. The molecule has 0 bridgehead atoms. The SMILES string of the molecule is Cc1nn(C)cc1[C@H](C)NC(=O)[C@@H]1CCCN(S(=O)(=O)c2cnn(C)c2C)C1. The van der Waals surface area contributed by atoms with Gasteiger partial charge in [-0.25, -0.2) is 8.42 Å². The number of hydrogen-bond donors (Lipinski definition) is 1. The van der Waals surface area contributed by atoms with Crippen molar-refractivity contribution in [2.75, 3.05) is 13.1 Å². The summed E-state index contributed by atoms with van der Waals surface area (Å²) < 4.78 is 30.7. The second kappa shape index (κ2) is 7.67. The van der Waals surface area contributed by atoms with Crippen LogP contribution in [0.2, 0.25) is 0 Å². The molecule has 0 aromatic carbocycles. The highest BCUT2D eigenvalue weighted by Crippen LogP contribution is 2.26. The molecular formula is C18H28N6O3S. The quantitative estimate of drug-likeness (QED) is 0.797. The molecule has 0 radical (unpaired) electrons. The molecule has 1 amide bonds. The van der Waals surface area contributed by atoms with Crippen molar-refractivity contribution in [1.82, 2.24) is 29.2 Å². The summed E-state index contributed by atoms with van der Waals surface area (Å²) in [5.41, 5.74) is 2.42. The van der Waals surface area contributed by atoms with E-state index in [1.54, 1.807) is 23.3 Å². The van der Waals surface area contributed by atoms with Gasteiger partial charge in [-0.2, -0.15) is 14.5 Å². The first-order chi connectivity index (χ1) is 13.1. The molecule has 154 valence electrons. The number of nitrogens with zero attached hydrogens (tertiary/aromatic N) is 5. The van der Waals surface area contributed by atoms with Gasteiger partial charge < -0.3 is 5.32 Å². The van der Waals surface area contributed by atoms with Crippen molar-refractivity contribution in [2.45, 2.75) is 44.6 Å². The molecule has 0 spiro atoms. The standard InChI is InChI=1S/C18H28N6O3S/c1-12(16-11-22(4)21-13(16)2)20-18(25)15-7-6-8-24(10-15)28(26,27)17-9-19-23(5)14(17)3/h9,11-12,15H,6-8,10H2,1-5H3,(H,20,25)/t12-,15+/m0/s1. The van der Waals surface area contributed by atoms with Crippen LogP contribution in [0.1, 0.15) is 42.8 Å². The Labute approximate surface area is 165 Å². The van der Waals surface area contributed by atoms with E-state index < -0.39 is 10.0 Å². The third-order valence-corrected chi connectivity index (χ3v) is 7.41. The minimum absolute atomic E-state index is 0.126. The van der Waals surface area contributed by atoms with Gasteiger partial charge in [-0.05, 0) is 33.6 Å². The Morgan fingerprint density at radius 3 is 2.61 bits per heavy atom. The summed E-state index contributed by atoms with van der Waals surface area (Å²) in [6, 6.07) is -0.186. The summed E-state index contributed by atoms with van der Waals surface area (Å²) in [5.74, 6) is -0.501. The lowest BCUT2D eigenvalue weighted by Crippen LogP contribution is -2.45. The Morgan fingerprint density at radius 2 is 2.04 bits per heavy atom. The molecule has 9 nitrogen and oxygen atoms in total. The Morgan fingerprint density at radius 1 is 1.32 bits per heavy atom. The lowest BCUT2D eigenvalue weighted by Gasteiger charge is -2.31. The molecular weight excluding hydrogens is 380 g/mol. The van der Waals surface area contributed by atoms with E-state index >= 15 is 0 Å². The summed E-state index contributed by atoms with van der Waals surface area (Å²) in [7, 11) is -0.112. The predicted octanol–water partition coefficient (Wildman–Crippen LogP) is 1.05. The normalized spacial score (nSPS) is 19.5. The zero-order chi connectivity index (χ0) is 20.6. The topological polar surface area (TPSA) is 102 Å². The minimum Gasteiger partial charge on any atom is -0.349 e. The van der Waals surface area contributed by atoms with Crippen LogP contribution < -0.4 is 5.32 Å². The molecule has 1 fully saturated rings. The van der Waals surface area contributed by atoms with Crippen LogP contribution in [0.3, 0.4) is 0 Å². The molecule has 28 heavy (non-hydrogen) atoms. The van der Waals surface area contributed by atoms with Gasteiger partial charge in [0, 0.05) is 38.9 Å². The Balaban J connectivity index is 1.71. The van der Waals surface area contributed by atoms with Gasteiger partial charge >= 0.3 is 0 Å². The van der Waals surface area contributed by atoms with E-state index in [-0.39, 0.29) is 29.3 Å². The third-order valence-electron chi connectivity index (χ3n) is 5.44. The van der Waals surface area contributed by atoms with Gasteiger partial charge in [-0.1, -0.05) is 0 Å². The van der Waals surface area contributed by atoms with Gasteiger partial charge in [0.1, 0.15) is 4.90 Å². The van der Waals surface area contributed by atoms with Crippen molar-refractivity contribution in [1.29, 1.82) is 0 Å². The van der Waals surface area contributed by atoms with Crippen LogP contribution in [-0.4, -0.2) is 51.3 Å². The molecule has 1 N–H and O–H groups in total. The number of aryl methyl sites for hydroxylation is 3. The highest BCUT2D eigenvalue weighted by atomic mass is 32.2. The Hall–Kier alpha value is -2.20. The molecule has 2 aromatic rings. The molecule has 0 saturated carbocycles. The van der Waals surface area contributed by atoms with E-state index in [9.17, 15) is 13.2 Å². The Bertz CT molecular complexity index is 978. The van der Waals surface area contributed by atoms with Gasteiger partial charge in [-0.15, -0.1) is 0 Å². The molecule has 1 aliphatic rings. The highest BCUT2D eigenvalue weighted by Gasteiger charge is 2.35. The smallest absolute Gasteiger partial charge is 0.246 e. The molecule has 3 rings (SSSR count). The number of sulfonamides is 1. The van der Waals surface area contributed by atoms with E-state index in [1.165, 1.54) is 10.5 Å². The molecule has 10 heteroatoms. The monoisotopic (exact) mass is 408 g/mol. The van der Waals surface area contributed by atoms with Crippen molar-refractivity contribution in [2.24, 2.45) is 20.0 Å². The average molecular weight is 409 g/mol. The number of carbonyl (C=O) groups is 1. The van der Waals surface area contributed by atoms with Gasteiger partial charge in [0.25, 0.3) is 0 Å². The van der Waals surface area contributed by atoms with Crippen LogP contribution in [0.15, 0.2) is 17.3 Å². The number of nitrogens with one attached hydrogen (secondary N) is 1. The number of rotatable bonds is 5. The fraction of sp³-hybridized carbons (Fsp3) is 0.611. The molecule has 3 heterocycles. The number of aromatic nitrogens is 4. The zero-order valence-electron chi connectivity index (χ0n) is 17.0. The fourth-order valence-corrected chi connectivity index (χ4v) is 5.41. The van der Waals surface area contributed by atoms with Crippen LogP contribution >= 0.6 is 0 Å². The first-order valence-electron chi connectivity index (χ1n) is 9.40. The first kappa shape index (κ1) is 20.5. The van der Waals surface area contributed by atoms with Crippen LogP contribution in [0, 0.1) is 19.8 Å². The van der Waals surface area contributed by atoms with Gasteiger partial charge in [0.05, 0.1) is 29.5 Å². The van der Waals surface area contributed by atoms with Crippen LogP contribution in [-0.2, 0) is 28.9 Å². The summed E-state index contributed by atoms with van der Waals surface area (Å²) in [5, 5.41) is 11.4. The lowest BCUT2D eigenvalue weighted by atomic mass is 9.98. The van der Waals surface area contributed by atoms with Gasteiger partial charge in [-0.3, -0.25) is 14.2 Å². The molecule has 0 unspecified atom stereocenters. The first-order valence-corrected chi connectivity index (χ1v) is 10.8. The zero-order valence-corrected chi connectivity index (χ0v) is 17.8. The summed E-state index contributed by atoms with van der Waals surface area (Å²) in [6.45, 7) is 6.15. The average Bonchev–Trinajstić information content (AvgIpc) is 3.16. The predicted molar refractivity (Wildman–Crippen MR) is 104 cm³/mol.